The minimum absolute atomic E-state index is 0.0624. The van der Waals surface area contributed by atoms with Crippen LogP contribution in [-0.4, -0.2) is 111 Å². The molecule has 8 rings (SSSR count). The average molecular weight is 992 g/mol. The van der Waals surface area contributed by atoms with Gasteiger partial charge in [0.1, 0.15) is 42.8 Å². The molecular weight excluding hydrogens is 913 g/mol. The van der Waals surface area contributed by atoms with Gasteiger partial charge in [-0.2, -0.15) is 0 Å². The molecule has 3 aliphatic carbocycles. The molecule has 8 N–H and O–H groups in total. The molecule has 72 heavy (non-hydrogen) atoms. The Kier molecular flexibility index (Phi) is 17.8. The Bertz CT molecular complexity index is 2450. The van der Waals surface area contributed by atoms with Crippen LogP contribution in [0.5, 0.6) is 11.5 Å². The van der Waals surface area contributed by atoms with E-state index in [1.165, 1.54) is 51.0 Å². The SMILES string of the molecule is CCCCCCCCc1ccc(C(=O)NCC(=O)N(C)C2C(=O)N[C@@H](C)C(=O)NC(C(=O)N[C@@H](C)B3OC4CC5CC(C5(C)C)[C@]4(C)O3)Cc3ccc(OCCN)c(c3)-c3cc2ccc3OCCN)c(C)c1. The van der Waals surface area contributed by atoms with Gasteiger partial charge in [-0.3, -0.25) is 24.0 Å². The van der Waals surface area contributed by atoms with Crippen LogP contribution in [-0.2, 0) is 41.3 Å². The number of likely N-dealkylation sites (N-methyl/N-ethyl adjacent to an activating group) is 1. The number of nitrogens with two attached hydrogens (primary N) is 2. The van der Waals surface area contributed by atoms with Crippen molar-refractivity contribution >= 4 is 36.7 Å². The van der Waals surface area contributed by atoms with Crippen LogP contribution in [0.15, 0.2) is 54.6 Å². The Labute approximate surface area is 426 Å². The van der Waals surface area contributed by atoms with E-state index in [1.807, 2.05) is 38.1 Å². The normalized spacial score (nSPS) is 24.6. The lowest BCUT2D eigenvalue weighted by atomic mass is 9.43. The molecular formula is C55H78BN7O9. The van der Waals surface area contributed by atoms with Crippen molar-refractivity contribution in [3.8, 4) is 22.6 Å². The van der Waals surface area contributed by atoms with Gasteiger partial charge in [-0.1, -0.05) is 77.1 Å². The maximum absolute atomic E-state index is 14.7. The highest BCUT2D eigenvalue weighted by Crippen LogP contribution is 2.65. The van der Waals surface area contributed by atoms with Crippen molar-refractivity contribution in [2.24, 2.45) is 28.7 Å². The number of rotatable bonds is 20. The molecule has 6 bridgehead atoms. The van der Waals surface area contributed by atoms with Gasteiger partial charge in [0.2, 0.25) is 23.6 Å². The number of benzene rings is 3. The van der Waals surface area contributed by atoms with E-state index in [9.17, 15) is 24.0 Å². The zero-order chi connectivity index (χ0) is 51.9. The highest BCUT2D eigenvalue weighted by molar-refractivity contribution is 6.47. The van der Waals surface area contributed by atoms with Crippen LogP contribution in [0.25, 0.3) is 11.1 Å². The second-order valence-corrected chi connectivity index (χ2v) is 21.2. The molecule has 5 unspecified atom stereocenters. The highest BCUT2D eigenvalue weighted by atomic mass is 16.7. The third kappa shape index (κ3) is 12.0. The Hall–Kier alpha value is -5.49. The molecule has 8 atom stereocenters. The summed E-state index contributed by atoms with van der Waals surface area (Å²) in [6.45, 7) is 14.5. The molecule has 1 saturated heterocycles. The lowest BCUT2D eigenvalue weighted by Gasteiger charge is -2.64. The molecule has 5 amide bonds. The van der Waals surface area contributed by atoms with E-state index in [4.69, 9.17) is 30.2 Å². The van der Waals surface area contributed by atoms with Crippen LogP contribution in [0, 0.1) is 24.2 Å². The number of amides is 5. The van der Waals surface area contributed by atoms with Crippen molar-refractivity contribution in [2.45, 2.75) is 148 Å². The molecule has 0 radical (unpaired) electrons. The summed E-state index contributed by atoms with van der Waals surface area (Å²) in [5, 5.41) is 11.6. The van der Waals surface area contributed by atoms with Crippen molar-refractivity contribution in [3.05, 3.63) is 82.4 Å². The fourth-order valence-corrected chi connectivity index (χ4v) is 11.4. The summed E-state index contributed by atoms with van der Waals surface area (Å²) < 4.78 is 25.6. The Morgan fingerprint density at radius 2 is 1.57 bits per heavy atom. The van der Waals surface area contributed by atoms with Gasteiger partial charge in [0.25, 0.3) is 5.91 Å². The fraction of sp³-hybridized carbons (Fsp3) is 0.582. The first kappa shape index (κ1) is 54.3. The largest absolute Gasteiger partial charge is 0.492 e. The van der Waals surface area contributed by atoms with E-state index in [0.717, 1.165) is 36.8 Å². The molecule has 3 saturated carbocycles. The van der Waals surface area contributed by atoms with Crippen LogP contribution in [0.1, 0.15) is 132 Å². The lowest BCUT2D eigenvalue weighted by Crippen LogP contribution is -2.65. The summed E-state index contributed by atoms with van der Waals surface area (Å²) in [5.41, 5.74) is 16.0. The van der Waals surface area contributed by atoms with Gasteiger partial charge in [0.05, 0.1) is 24.2 Å². The third-order valence-corrected chi connectivity index (χ3v) is 15.8. The topological polar surface area (TPSA) is 226 Å². The molecule has 17 heteroatoms. The molecule has 390 valence electrons. The Balaban J connectivity index is 1.14. The Morgan fingerprint density at radius 3 is 2.25 bits per heavy atom. The van der Waals surface area contributed by atoms with Gasteiger partial charge in [-0.25, -0.2) is 0 Å². The second kappa shape index (κ2) is 23.6. The van der Waals surface area contributed by atoms with Gasteiger partial charge in [-0.15, -0.1) is 0 Å². The minimum Gasteiger partial charge on any atom is -0.492 e. The van der Waals surface area contributed by atoms with E-state index in [1.54, 1.807) is 30.3 Å². The van der Waals surface area contributed by atoms with Crippen LogP contribution < -0.4 is 42.2 Å². The van der Waals surface area contributed by atoms with Gasteiger partial charge in [-0.05, 0) is 123 Å². The minimum atomic E-state index is -1.30. The molecule has 3 aromatic carbocycles. The molecule has 0 aromatic heterocycles. The van der Waals surface area contributed by atoms with Crippen LogP contribution in [0.2, 0.25) is 0 Å². The summed E-state index contributed by atoms with van der Waals surface area (Å²) in [6, 6.07) is 12.8. The van der Waals surface area contributed by atoms with Gasteiger partial charge in [0, 0.05) is 43.2 Å². The van der Waals surface area contributed by atoms with Crippen LogP contribution in [0.4, 0.5) is 0 Å². The first-order valence-electron chi connectivity index (χ1n) is 26.2. The van der Waals surface area contributed by atoms with Crippen molar-refractivity contribution in [1.82, 2.24) is 26.2 Å². The standard InChI is InChI=1S/C55H78BN7O9/c1-9-10-11-12-13-14-15-36-16-19-40(33(2)26-36)51(66)59-32-48(64)63(8)49-38-18-21-45(70-25-23-58)42(29-38)41-27-37(17-20-44(41)69-24-22-57)28-43(62-50(65)34(3)60-53(49)68)52(67)61-35(4)56-71-47-31-39-30-46(54(39,5)6)55(47,7)72-56/h16-21,26-27,29,34-35,39,43,46-47,49H,9-15,22-25,28,30-32,57-58H2,1-8H3,(H,59,66)(H,60,68)(H,61,67)(H,62,65)/t34-,35-,39?,43?,46?,47?,49?,55-/m0/s1. The van der Waals surface area contributed by atoms with E-state index in [0.29, 0.717) is 51.2 Å². The van der Waals surface area contributed by atoms with Gasteiger partial charge in [0.15, 0.2) is 0 Å². The summed E-state index contributed by atoms with van der Waals surface area (Å²) in [5.74, 6) is -1.55. The van der Waals surface area contributed by atoms with Gasteiger partial charge < -0.3 is 56.4 Å². The number of nitrogens with one attached hydrogen (secondary N) is 4. The molecule has 16 nitrogen and oxygen atoms in total. The number of carbonyl (C=O) groups is 5. The molecule has 2 aliphatic heterocycles. The zero-order valence-electron chi connectivity index (χ0n) is 43.7. The van der Waals surface area contributed by atoms with Gasteiger partial charge >= 0.3 is 7.12 Å². The monoisotopic (exact) mass is 992 g/mol. The van der Waals surface area contributed by atoms with Crippen molar-refractivity contribution < 1.29 is 42.8 Å². The molecule has 0 spiro atoms. The highest BCUT2D eigenvalue weighted by Gasteiger charge is 2.68. The number of carbonyl (C=O) groups excluding carboxylic acids is 5. The molecule has 3 aromatic rings. The number of hydrogen-bond acceptors (Lipinski definition) is 11. The summed E-state index contributed by atoms with van der Waals surface area (Å²) >= 11 is 0. The van der Waals surface area contributed by atoms with Crippen molar-refractivity contribution in [3.63, 3.8) is 0 Å². The number of fused-ring (bicyclic) bond motifs is 5. The average Bonchev–Trinajstić information content (AvgIpc) is 3.73. The quantitative estimate of drug-likeness (QED) is 0.0614. The maximum atomic E-state index is 14.7. The predicted molar refractivity (Wildman–Crippen MR) is 278 cm³/mol. The van der Waals surface area contributed by atoms with Crippen LogP contribution in [0.3, 0.4) is 0 Å². The number of ether oxygens (including phenoxy) is 2. The second-order valence-electron chi connectivity index (χ2n) is 21.2. The van der Waals surface area contributed by atoms with E-state index in [-0.39, 0.29) is 44.2 Å². The van der Waals surface area contributed by atoms with E-state index in [2.05, 4.69) is 49.0 Å². The number of hydrogen-bond donors (Lipinski definition) is 6. The first-order chi connectivity index (χ1) is 34.4. The molecule has 4 fully saturated rings. The Morgan fingerprint density at radius 1 is 0.889 bits per heavy atom. The predicted octanol–water partition coefficient (Wildman–Crippen LogP) is 5.49. The lowest BCUT2D eigenvalue weighted by molar-refractivity contribution is -0.199. The summed E-state index contributed by atoms with van der Waals surface area (Å²) in [6.07, 6.45) is 10.1. The van der Waals surface area contributed by atoms with Crippen molar-refractivity contribution in [2.75, 3.05) is 39.9 Å². The van der Waals surface area contributed by atoms with Crippen LogP contribution >= 0.6 is 0 Å². The third-order valence-electron chi connectivity index (χ3n) is 15.8. The van der Waals surface area contributed by atoms with E-state index < -0.39 is 72.9 Å². The zero-order valence-corrected chi connectivity index (χ0v) is 43.7. The smallest absolute Gasteiger partial charge is 0.481 e. The summed E-state index contributed by atoms with van der Waals surface area (Å²) in [7, 11) is 0.777. The van der Waals surface area contributed by atoms with E-state index >= 15 is 0 Å². The number of nitrogens with zero attached hydrogens (tertiary/aromatic N) is 1. The molecule has 5 aliphatic rings. The fourth-order valence-electron chi connectivity index (χ4n) is 11.4. The first-order valence-corrected chi connectivity index (χ1v) is 26.2. The number of unbranched alkanes of at least 4 members (excludes halogenated alkanes) is 5. The van der Waals surface area contributed by atoms with Crippen molar-refractivity contribution in [1.29, 1.82) is 0 Å². The summed E-state index contributed by atoms with van der Waals surface area (Å²) in [4.78, 5) is 72.3. The number of aryl methyl sites for hydroxylation is 2. The maximum Gasteiger partial charge on any atom is 0.481 e. The molecule has 2 heterocycles.